The molecule has 1 fully saturated rings. The van der Waals surface area contributed by atoms with E-state index in [1.807, 2.05) is 12.1 Å². The van der Waals surface area contributed by atoms with Crippen LogP contribution in [0.3, 0.4) is 0 Å². The van der Waals surface area contributed by atoms with Gasteiger partial charge in [0.2, 0.25) is 0 Å². The van der Waals surface area contributed by atoms with E-state index in [1.165, 1.54) is 25.7 Å². The van der Waals surface area contributed by atoms with Crippen LogP contribution in [0, 0.1) is 5.92 Å². The molecule has 16 heavy (non-hydrogen) atoms. The first kappa shape index (κ1) is 11.9. The molecule has 0 amide bonds. The second kappa shape index (κ2) is 5.17. The SMILES string of the molecule is CC1CCC(N(C)c2cccc(Br)n2)CC1. The van der Waals surface area contributed by atoms with Gasteiger partial charge in [-0.2, -0.15) is 0 Å². The molecule has 2 rings (SSSR count). The monoisotopic (exact) mass is 282 g/mol. The molecule has 0 N–H and O–H groups in total. The molecule has 0 aromatic carbocycles. The molecule has 1 aliphatic carbocycles. The molecule has 0 atom stereocenters. The van der Waals surface area contributed by atoms with Crippen molar-refractivity contribution in [3.8, 4) is 0 Å². The smallest absolute Gasteiger partial charge is 0.129 e. The van der Waals surface area contributed by atoms with E-state index < -0.39 is 0 Å². The summed E-state index contributed by atoms with van der Waals surface area (Å²) in [7, 11) is 2.16. The predicted molar refractivity (Wildman–Crippen MR) is 71.8 cm³/mol. The molecule has 0 bridgehead atoms. The van der Waals surface area contributed by atoms with Crippen LogP contribution in [0.25, 0.3) is 0 Å². The van der Waals surface area contributed by atoms with Crippen molar-refractivity contribution in [2.75, 3.05) is 11.9 Å². The maximum absolute atomic E-state index is 4.51. The van der Waals surface area contributed by atoms with Crippen LogP contribution in [0.2, 0.25) is 0 Å². The van der Waals surface area contributed by atoms with E-state index in [2.05, 4.69) is 45.9 Å². The summed E-state index contributed by atoms with van der Waals surface area (Å²) in [6.07, 6.45) is 5.30. The third kappa shape index (κ3) is 2.76. The van der Waals surface area contributed by atoms with E-state index in [0.717, 1.165) is 16.3 Å². The van der Waals surface area contributed by atoms with Gasteiger partial charge in [-0.15, -0.1) is 0 Å². The maximum atomic E-state index is 4.51. The highest BCUT2D eigenvalue weighted by molar-refractivity contribution is 9.10. The average Bonchev–Trinajstić information content (AvgIpc) is 2.29. The van der Waals surface area contributed by atoms with Crippen molar-refractivity contribution in [2.45, 2.75) is 38.6 Å². The minimum atomic E-state index is 0.665. The third-order valence-corrected chi connectivity index (χ3v) is 4.04. The highest BCUT2D eigenvalue weighted by atomic mass is 79.9. The first-order valence-electron chi connectivity index (χ1n) is 6.02. The summed E-state index contributed by atoms with van der Waals surface area (Å²) < 4.78 is 0.918. The molecule has 0 saturated heterocycles. The summed E-state index contributed by atoms with van der Waals surface area (Å²) >= 11 is 3.43. The van der Waals surface area contributed by atoms with Crippen LogP contribution >= 0.6 is 15.9 Å². The van der Waals surface area contributed by atoms with Crippen molar-refractivity contribution in [3.05, 3.63) is 22.8 Å². The van der Waals surface area contributed by atoms with Gasteiger partial charge in [0, 0.05) is 13.1 Å². The molecule has 0 radical (unpaired) electrons. The molecule has 1 saturated carbocycles. The number of nitrogens with zero attached hydrogens (tertiary/aromatic N) is 2. The van der Waals surface area contributed by atoms with Crippen molar-refractivity contribution < 1.29 is 0 Å². The number of halogens is 1. The van der Waals surface area contributed by atoms with Crippen LogP contribution < -0.4 is 4.90 Å². The van der Waals surface area contributed by atoms with Crippen LogP contribution in [0.4, 0.5) is 5.82 Å². The summed E-state index contributed by atoms with van der Waals surface area (Å²) in [5.74, 6) is 1.98. The van der Waals surface area contributed by atoms with Crippen molar-refractivity contribution in [1.29, 1.82) is 0 Å². The topological polar surface area (TPSA) is 16.1 Å². The Bertz CT molecular complexity index is 346. The lowest BCUT2D eigenvalue weighted by atomic mass is 9.87. The zero-order chi connectivity index (χ0) is 11.5. The molecule has 1 aromatic rings. The molecule has 3 heteroatoms. The van der Waals surface area contributed by atoms with E-state index in [9.17, 15) is 0 Å². The zero-order valence-electron chi connectivity index (χ0n) is 9.99. The molecule has 1 heterocycles. The summed E-state index contributed by atoms with van der Waals surface area (Å²) in [5, 5.41) is 0. The minimum absolute atomic E-state index is 0.665. The Labute approximate surface area is 106 Å². The number of pyridine rings is 1. The van der Waals surface area contributed by atoms with Crippen LogP contribution in [0.15, 0.2) is 22.8 Å². The van der Waals surface area contributed by atoms with E-state index in [-0.39, 0.29) is 0 Å². The molecule has 0 aliphatic heterocycles. The van der Waals surface area contributed by atoms with Gasteiger partial charge in [0.1, 0.15) is 10.4 Å². The van der Waals surface area contributed by atoms with Crippen LogP contribution in [0.1, 0.15) is 32.6 Å². The van der Waals surface area contributed by atoms with Gasteiger partial charge >= 0.3 is 0 Å². The molecular weight excluding hydrogens is 264 g/mol. The number of aromatic nitrogens is 1. The standard InChI is InChI=1S/C13H19BrN2/c1-10-6-8-11(9-7-10)16(2)13-5-3-4-12(14)15-13/h3-5,10-11H,6-9H2,1-2H3. The number of anilines is 1. The lowest BCUT2D eigenvalue weighted by molar-refractivity contribution is 0.340. The molecule has 0 unspecified atom stereocenters. The summed E-state index contributed by atoms with van der Waals surface area (Å²) in [6.45, 7) is 2.35. The molecule has 2 nitrogen and oxygen atoms in total. The summed E-state index contributed by atoms with van der Waals surface area (Å²) in [5.41, 5.74) is 0. The first-order valence-corrected chi connectivity index (χ1v) is 6.81. The van der Waals surface area contributed by atoms with Gasteiger partial charge in [0.15, 0.2) is 0 Å². The van der Waals surface area contributed by atoms with Gasteiger partial charge < -0.3 is 4.90 Å². The molecular formula is C13H19BrN2. The highest BCUT2D eigenvalue weighted by Gasteiger charge is 2.22. The maximum Gasteiger partial charge on any atom is 0.129 e. The second-order valence-electron chi connectivity index (χ2n) is 4.84. The quantitative estimate of drug-likeness (QED) is 0.766. The Kier molecular flexibility index (Phi) is 3.85. The normalized spacial score (nSPS) is 25.4. The largest absolute Gasteiger partial charge is 0.357 e. The Morgan fingerprint density at radius 1 is 1.25 bits per heavy atom. The molecule has 1 aliphatic rings. The Morgan fingerprint density at radius 2 is 1.94 bits per heavy atom. The van der Waals surface area contributed by atoms with Crippen molar-refractivity contribution >= 4 is 21.7 Å². The lowest BCUT2D eigenvalue weighted by Crippen LogP contribution is -2.35. The first-order chi connectivity index (χ1) is 7.66. The fourth-order valence-electron chi connectivity index (χ4n) is 2.41. The highest BCUT2D eigenvalue weighted by Crippen LogP contribution is 2.28. The van der Waals surface area contributed by atoms with Gasteiger partial charge in [0.25, 0.3) is 0 Å². The van der Waals surface area contributed by atoms with Gasteiger partial charge in [-0.1, -0.05) is 13.0 Å². The molecule has 0 spiro atoms. The van der Waals surface area contributed by atoms with Gasteiger partial charge in [-0.05, 0) is 59.7 Å². The third-order valence-electron chi connectivity index (χ3n) is 3.59. The fourth-order valence-corrected chi connectivity index (χ4v) is 2.75. The van der Waals surface area contributed by atoms with E-state index >= 15 is 0 Å². The van der Waals surface area contributed by atoms with E-state index in [1.54, 1.807) is 0 Å². The average molecular weight is 283 g/mol. The summed E-state index contributed by atoms with van der Waals surface area (Å²) in [6, 6.07) is 6.77. The minimum Gasteiger partial charge on any atom is -0.357 e. The zero-order valence-corrected chi connectivity index (χ0v) is 11.6. The predicted octanol–water partition coefficient (Wildman–Crippen LogP) is 3.86. The van der Waals surface area contributed by atoms with E-state index in [4.69, 9.17) is 0 Å². The van der Waals surface area contributed by atoms with Gasteiger partial charge in [0.05, 0.1) is 0 Å². The van der Waals surface area contributed by atoms with Crippen molar-refractivity contribution in [2.24, 2.45) is 5.92 Å². The number of hydrogen-bond donors (Lipinski definition) is 0. The van der Waals surface area contributed by atoms with Crippen LogP contribution in [-0.4, -0.2) is 18.1 Å². The lowest BCUT2D eigenvalue weighted by Gasteiger charge is -2.34. The Hall–Kier alpha value is -0.570. The fraction of sp³-hybridized carbons (Fsp3) is 0.615. The van der Waals surface area contributed by atoms with Crippen LogP contribution in [0.5, 0.6) is 0 Å². The van der Waals surface area contributed by atoms with Gasteiger partial charge in [-0.3, -0.25) is 0 Å². The number of hydrogen-bond acceptors (Lipinski definition) is 2. The van der Waals surface area contributed by atoms with Gasteiger partial charge in [-0.25, -0.2) is 4.98 Å². The van der Waals surface area contributed by atoms with E-state index in [0.29, 0.717) is 6.04 Å². The second-order valence-corrected chi connectivity index (χ2v) is 5.66. The Balaban J connectivity index is 2.04. The molecule has 88 valence electrons. The molecule has 1 aromatic heterocycles. The van der Waals surface area contributed by atoms with Crippen LogP contribution in [-0.2, 0) is 0 Å². The number of rotatable bonds is 2. The van der Waals surface area contributed by atoms with Crippen molar-refractivity contribution in [1.82, 2.24) is 4.98 Å². The van der Waals surface area contributed by atoms with Crippen molar-refractivity contribution in [3.63, 3.8) is 0 Å². The Morgan fingerprint density at radius 3 is 2.56 bits per heavy atom. The summed E-state index contributed by atoms with van der Waals surface area (Å²) in [4.78, 5) is 6.84.